The SMILES string of the molecule is Cn1ncc(N(C=O)CCCNC(=O)OC(C)(C)C)c1NC(c1ccccc1)(c1ccccc1)c1ccccc1. The molecule has 4 rings (SSSR count). The average Bonchev–Trinajstić information content (AvgIpc) is 3.31. The second kappa shape index (κ2) is 12.5. The number of nitrogens with one attached hydrogen (secondary N) is 2. The van der Waals surface area contributed by atoms with E-state index < -0.39 is 17.2 Å². The van der Waals surface area contributed by atoms with Crippen LogP contribution in [0.2, 0.25) is 0 Å². The van der Waals surface area contributed by atoms with Crippen LogP contribution in [0.15, 0.2) is 97.2 Å². The number of alkyl carbamates (subject to hydrolysis) is 1. The van der Waals surface area contributed by atoms with E-state index in [-0.39, 0.29) is 0 Å². The smallest absolute Gasteiger partial charge is 0.407 e. The summed E-state index contributed by atoms with van der Waals surface area (Å²) >= 11 is 0. The van der Waals surface area contributed by atoms with Gasteiger partial charge < -0.3 is 20.3 Å². The average molecular weight is 540 g/mol. The van der Waals surface area contributed by atoms with Crippen molar-refractivity contribution in [2.75, 3.05) is 23.3 Å². The Morgan fingerprint density at radius 3 is 1.85 bits per heavy atom. The highest BCUT2D eigenvalue weighted by Gasteiger charge is 2.38. The molecule has 0 saturated carbocycles. The summed E-state index contributed by atoms with van der Waals surface area (Å²) in [6.45, 7) is 6.20. The van der Waals surface area contributed by atoms with E-state index in [2.05, 4.69) is 52.1 Å². The number of amides is 2. The van der Waals surface area contributed by atoms with Crippen molar-refractivity contribution in [3.63, 3.8) is 0 Å². The van der Waals surface area contributed by atoms with Gasteiger partial charge in [0.15, 0.2) is 0 Å². The Bertz CT molecular complexity index is 1290. The Morgan fingerprint density at radius 2 is 1.40 bits per heavy atom. The molecule has 40 heavy (non-hydrogen) atoms. The van der Waals surface area contributed by atoms with Crippen molar-refractivity contribution in [1.29, 1.82) is 0 Å². The molecule has 0 saturated heterocycles. The summed E-state index contributed by atoms with van der Waals surface area (Å²) in [6, 6.07) is 30.7. The molecule has 0 aliphatic heterocycles. The third-order valence-corrected chi connectivity index (χ3v) is 6.53. The second-order valence-electron chi connectivity index (χ2n) is 10.6. The lowest BCUT2D eigenvalue weighted by atomic mass is 9.77. The fourth-order valence-corrected chi connectivity index (χ4v) is 4.72. The van der Waals surface area contributed by atoms with Crippen LogP contribution in [0, 0.1) is 0 Å². The molecule has 208 valence electrons. The molecule has 4 aromatic rings. The van der Waals surface area contributed by atoms with Crippen molar-refractivity contribution < 1.29 is 14.3 Å². The quantitative estimate of drug-likeness (QED) is 0.145. The molecule has 8 nitrogen and oxygen atoms in total. The molecule has 3 aromatic carbocycles. The number of aromatic nitrogens is 2. The molecular weight excluding hydrogens is 502 g/mol. The molecule has 0 aliphatic carbocycles. The number of anilines is 2. The molecule has 0 unspecified atom stereocenters. The third-order valence-electron chi connectivity index (χ3n) is 6.53. The van der Waals surface area contributed by atoms with Crippen LogP contribution in [0.25, 0.3) is 0 Å². The Balaban J connectivity index is 1.68. The number of rotatable bonds is 11. The predicted molar refractivity (Wildman–Crippen MR) is 158 cm³/mol. The molecule has 0 spiro atoms. The van der Waals surface area contributed by atoms with E-state index in [9.17, 15) is 9.59 Å². The number of benzene rings is 3. The van der Waals surface area contributed by atoms with Crippen LogP contribution in [0.1, 0.15) is 43.9 Å². The zero-order chi connectivity index (χ0) is 28.6. The molecule has 1 heterocycles. The van der Waals surface area contributed by atoms with Gasteiger partial charge in [-0.25, -0.2) is 4.79 Å². The molecule has 0 aliphatic rings. The zero-order valence-corrected chi connectivity index (χ0v) is 23.5. The first kappa shape index (κ1) is 28.4. The molecule has 8 heteroatoms. The summed E-state index contributed by atoms with van der Waals surface area (Å²) in [4.78, 5) is 25.9. The van der Waals surface area contributed by atoms with Crippen LogP contribution in [0.3, 0.4) is 0 Å². The van der Waals surface area contributed by atoms with Crippen LogP contribution in [-0.2, 0) is 22.1 Å². The number of hydrogen-bond donors (Lipinski definition) is 2. The fourth-order valence-electron chi connectivity index (χ4n) is 4.72. The third kappa shape index (κ3) is 6.51. The first-order valence-corrected chi connectivity index (χ1v) is 13.4. The number of hydrogen-bond acceptors (Lipinski definition) is 5. The molecule has 0 atom stereocenters. The topological polar surface area (TPSA) is 88.5 Å². The van der Waals surface area contributed by atoms with Crippen molar-refractivity contribution in [3.8, 4) is 0 Å². The summed E-state index contributed by atoms with van der Waals surface area (Å²) in [7, 11) is 1.85. The highest BCUT2D eigenvalue weighted by Crippen LogP contribution is 2.41. The summed E-state index contributed by atoms with van der Waals surface area (Å²) in [5, 5.41) is 11.1. The maximum Gasteiger partial charge on any atom is 0.407 e. The minimum absolute atomic E-state index is 0.365. The molecule has 0 bridgehead atoms. The van der Waals surface area contributed by atoms with Gasteiger partial charge in [0.1, 0.15) is 22.6 Å². The van der Waals surface area contributed by atoms with Crippen molar-refractivity contribution in [1.82, 2.24) is 15.1 Å². The zero-order valence-electron chi connectivity index (χ0n) is 23.5. The Kier molecular flexibility index (Phi) is 8.89. The normalized spacial score (nSPS) is 11.5. The van der Waals surface area contributed by atoms with Gasteiger partial charge in [0.2, 0.25) is 6.41 Å². The molecule has 2 amide bonds. The first-order valence-electron chi connectivity index (χ1n) is 13.4. The Labute approximate surface area is 236 Å². The number of carbonyl (C=O) groups excluding carboxylic acids is 2. The minimum Gasteiger partial charge on any atom is -0.444 e. The predicted octanol–water partition coefficient (Wildman–Crippen LogP) is 5.70. The van der Waals surface area contributed by atoms with Gasteiger partial charge in [-0.2, -0.15) is 5.10 Å². The highest BCUT2D eigenvalue weighted by molar-refractivity contribution is 5.82. The number of nitrogens with zero attached hydrogens (tertiary/aromatic N) is 3. The fraction of sp³-hybridized carbons (Fsp3) is 0.281. The molecule has 0 fully saturated rings. The van der Waals surface area contributed by atoms with Crippen LogP contribution < -0.4 is 15.5 Å². The number of ether oxygens (including phenoxy) is 1. The van der Waals surface area contributed by atoms with Gasteiger partial charge in [-0.3, -0.25) is 9.48 Å². The van der Waals surface area contributed by atoms with Gasteiger partial charge in [0.25, 0.3) is 0 Å². The molecular formula is C32H37N5O3. The number of carbonyl (C=O) groups is 2. The highest BCUT2D eigenvalue weighted by atomic mass is 16.6. The maximum absolute atomic E-state index is 12.3. The lowest BCUT2D eigenvalue weighted by molar-refractivity contribution is -0.107. The minimum atomic E-state index is -0.779. The van der Waals surface area contributed by atoms with Gasteiger partial charge in [-0.05, 0) is 43.9 Å². The molecule has 2 N–H and O–H groups in total. The van der Waals surface area contributed by atoms with Crippen molar-refractivity contribution in [3.05, 3.63) is 114 Å². The molecule has 1 aromatic heterocycles. The van der Waals surface area contributed by atoms with Crippen LogP contribution in [0.5, 0.6) is 0 Å². The van der Waals surface area contributed by atoms with Crippen molar-refractivity contribution in [2.24, 2.45) is 7.05 Å². The second-order valence-corrected chi connectivity index (χ2v) is 10.6. The van der Waals surface area contributed by atoms with E-state index in [0.717, 1.165) is 23.1 Å². The number of aryl methyl sites for hydroxylation is 1. The summed E-state index contributed by atoms with van der Waals surface area (Å²) in [6.07, 6.45) is 2.54. The van der Waals surface area contributed by atoms with E-state index in [1.165, 1.54) is 0 Å². The van der Waals surface area contributed by atoms with Gasteiger partial charge in [-0.15, -0.1) is 0 Å². The van der Waals surface area contributed by atoms with Crippen LogP contribution in [0.4, 0.5) is 16.3 Å². The summed E-state index contributed by atoms with van der Waals surface area (Å²) < 4.78 is 7.05. The van der Waals surface area contributed by atoms with Crippen molar-refractivity contribution in [2.45, 2.75) is 38.3 Å². The summed E-state index contributed by atoms with van der Waals surface area (Å²) in [5.74, 6) is 0.684. The monoisotopic (exact) mass is 539 g/mol. The Morgan fingerprint density at radius 1 is 0.900 bits per heavy atom. The largest absolute Gasteiger partial charge is 0.444 e. The van der Waals surface area contributed by atoms with Gasteiger partial charge in [0, 0.05) is 20.1 Å². The van der Waals surface area contributed by atoms with E-state index in [0.29, 0.717) is 31.0 Å². The van der Waals surface area contributed by atoms with Crippen molar-refractivity contribution >= 4 is 24.0 Å². The lowest BCUT2D eigenvalue weighted by Gasteiger charge is -2.38. The van der Waals surface area contributed by atoms with Crippen LogP contribution in [-0.4, -0.2) is 41.0 Å². The Hall–Kier alpha value is -4.59. The van der Waals surface area contributed by atoms with E-state index >= 15 is 0 Å². The van der Waals surface area contributed by atoms with Gasteiger partial charge >= 0.3 is 6.09 Å². The molecule has 0 radical (unpaired) electrons. The van der Waals surface area contributed by atoms with E-state index in [1.54, 1.807) is 15.8 Å². The first-order chi connectivity index (χ1) is 19.2. The maximum atomic E-state index is 12.3. The summed E-state index contributed by atoms with van der Waals surface area (Å²) in [5.41, 5.74) is 2.41. The van der Waals surface area contributed by atoms with E-state index in [4.69, 9.17) is 4.74 Å². The van der Waals surface area contributed by atoms with Gasteiger partial charge in [0.05, 0.1) is 6.20 Å². The van der Waals surface area contributed by atoms with Crippen LogP contribution >= 0.6 is 0 Å². The lowest BCUT2D eigenvalue weighted by Crippen LogP contribution is -2.39. The van der Waals surface area contributed by atoms with Gasteiger partial charge in [-0.1, -0.05) is 91.0 Å². The standard InChI is InChI=1S/C32H37N5O3/c1-31(2,3)40-30(39)33-21-14-22-37(24-38)28-23-34-36(4)29(28)35-32(25-15-8-5-9-16-25,26-17-10-6-11-18-26)27-19-12-7-13-20-27/h5-13,15-20,23-24,35H,14,21-22H2,1-4H3,(H,33,39). The van der Waals surface area contributed by atoms with E-state index in [1.807, 2.05) is 82.4 Å².